The fourth-order valence-corrected chi connectivity index (χ4v) is 3.45. The van der Waals surface area contributed by atoms with Gasteiger partial charge in [0.15, 0.2) is 15.6 Å². The lowest BCUT2D eigenvalue weighted by Crippen LogP contribution is -2.39. The summed E-state index contributed by atoms with van der Waals surface area (Å²) in [5, 5.41) is 12.2. The fraction of sp³-hybridized carbons (Fsp3) is 0.625. The molecule has 1 aliphatic heterocycles. The molecule has 1 aromatic rings. The van der Waals surface area contributed by atoms with Gasteiger partial charge in [0.1, 0.15) is 0 Å². The molecule has 7 heteroatoms. The molecule has 0 aromatic heterocycles. The Balaban J connectivity index is 1.89. The molecule has 1 aliphatic rings. The first-order valence-corrected chi connectivity index (χ1v) is 9.36. The van der Waals surface area contributed by atoms with Crippen LogP contribution in [0, 0.1) is 0 Å². The smallest absolute Gasteiger partial charge is 0.180 e. The van der Waals surface area contributed by atoms with Crippen molar-refractivity contribution in [3.8, 4) is 0 Å². The fourth-order valence-electron chi connectivity index (χ4n) is 2.42. The molecular weight excluding hydrogens is 318 g/mol. The normalized spacial score (nSPS) is 22.2. The van der Waals surface area contributed by atoms with Crippen LogP contribution in [0.4, 0.5) is 0 Å². The van der Waals surface area contributed by atoms with Crippen LogP contribution in [-0.4, -0.2) is 50.4 Å². The molecule has 0 amide bonds. The highest BCUT2D eigenvalue weighted by Gasteiger charge is 2.35. The minimum absolute atomic E-state index is 0.00537. The molecule has 2 atom stereocenters. The molecule has 0 spiro atoms. The average molecular weight is 343 g/mol. The van der Waals surface area contributed by atoms with Crippen LogP contribution in [0.25, 0.3) is 0 Å². The van der Waals surface area contributed by atoms with E-state index >= 15 is 0 Å². The Kier molecular flexibility index (Phi) is 5.80. The molecule has 0 aliphatic carbocycles. The molecule has 0 saturated carbocycles. The zero-order valence-electron chi connectivity index (χ0n) is 13.8. The number of rotatable bonds is 7. The lowest BCUT2D eigenvalue weighted by Gasteiger charge is -2.22. The van der Waals surface area contributed by atoms with Gasteiger partial charge in [0.25, 0.3) is 0 Å². The maximum Gasteiger partial charge on any atom is 0.180 e. The molecular formula is C16H25NO5S. The first-order chi connectivity index (χ1) is 10.7. The summed E-state index contributed by atoms with van der Waals surface area (Å²) in [6.45, 7) is 6.62. The summed E-state index contributed by atoms with van der Waals surface area (Å²) in [4.78, 5) is 0.234. The Morgan fingerprint density at radius 3 is 2.52 bits per heavy atom. The molecule has 1 saturated heterocycles. The van der Waals surface area contributed by atoms with Gasteiger partial charge in [-0.1, -0.05) is 12.1 Å². The maximum atomic E-state index is 11.8. The Morgan fingerprint density at radius 1 is 1.35 bits per heavy atom. The van der Waals surface area contributed by atoms with Crippen molar-refractivity contribution in [3.05, 3.63) is 29.8 Å². The van der Waals surface area contributed by atoms with Crippen LogP contribution in [0.15, 0.2) is 29.2 Å². The van der Waals surface area contributed by atoms with Crippen molar-refractivity contribution in [1.29, 1.82) is 0 Å². The molecule has 6 nitrogen and oxygen atoms in total. The monoisotopic (exact) mass is 343 g/mol. The minimum Gasteiger partial charge on any atom is -0.395 e. The SMILES string of the molecule is CC(NCc1ccc(S(=O)(=O)CCO)cc1)[C@H]1COC(C)(C)O1. The van der Waals surface area contributed by atoms with Crippen molar-refractivity contribution in [2.75, 3.05) is 19.0 Å². The third-order valence-electron chi connectivity index (χ3n) is 3.86. The van der Waals surface area contributed by atoms with E-state index in [1.807, 2.05) is 20.8 Å². The van der Waals surface area contributed by atoms with Crippen molar-refractivity contribution in [1.82, 2.24) is 5.32 Å². The number of hydrogen-bond donors (Lipinski definition) is 2. The van der Waals surface area contributed by atoms with Gasteiger partial charge in [-0.05, 0) is 38.5 Å². The summed E-state index contributed by atoms with van der Waals surface area (Å²) in [7, 11) is -3.39. The van der Waals surface area contributed by atoms with E-state index in [0.717, 1.165) is 5.56 Å². The molecule has 1 fully saturated rings. The zero-order valence-corrected chi connectivity index (χ0v) is 14.6. The van der Waals surface area contributed by atoms with Gasteiger partial charge in [0.2, 0.25) is 0 Å². The molecule has 2 N–H and O–H groups in total. The predicted octanol–water partition coefficient (Wildman–Crippen LogP) is 1.08. The predicted molar refractivity (Wildman–Crippen MR) is 86.8 cm³/mol. The summed E-state index contributed by atoms with van der Waals surface area (Å²) in [5.74, 6) is -0.792. The van der Waals surface area contributed by atoms with Gasteiger partial charge in [-0.2, -0.15) is 0 Å². The van der Waals surface area contributed by atoms with Crippen molar-refractivity contribution in [2.24, 2.45) is 0 Å². The molecule has 23 heavy (non-hydrogen) atoms. The third-order valence-corrected chi connectivity index (χ3v) is 5.57. The molecule has 1 heterocycles. The number of aliphatic hydroxyl groups excluding tert-OH is 1. The molecule has 1 unspecified atom stereocenters. The lowest BCUT2D eigenvalue weighted by atomic mass is 10.1. The summed E-state index contributed by atoms with van der Waals surface area (Å²) in [6, 6.07) is 6.82. The molecule has 2 rings (SSSR count). The highest BCUT2D eigenvalue weighted by molar-refractivity contribution is 7.91. The van der Waals surface area contributed by atoms with E-state index in [2.05, 4.69) is 5.32 Å². The van der Waals surface area contributed by atoms with Gasteiger partial charge >= 0.3 is 0 Å². The Hall–Kier alpha value is -0.990. The van der Waals surface area contributed by atoms with Crippen molar-refractivity contribution in [3.63, 3.8) is 0 Å². The first-order valence-electron chi connectivity index (χ1n) is 7.71. The van der Waals surface area contributed by atoms with E-state index < -0.39 is 15.6 Å². The second-order valence-corrected chi connectivity index (χ2v) is 8.33. The van der Waals surface area contributed by atoms with Crippen molar-refractivity contribution < 1.29 is 23.0 Å². The van der Waals surface area contributed by atoms with Crippen LogP contribution in [0.5, 0.6) is 0 Å². The standard InChI is InChI=1S/C16H25NO5S/c1-12(15-11-21-16(2,3)22-15)17-10-13-4-6-14(7-5-13)23(19,20)9-8-18/h4-7,12,15,17-18H,8-11H2,1-3H3/t12?,15-/m1/s1. The largest absolute Gasteiger partial charge is 0.395 e. The van der Waals surface area contributed by atoms with E-state index in [-0.39, 0.29) is 29.4 Å². The molecule has 0 bridgehead atoms. The van der Waals surface area contributed by atoms with Crippen LogP contribution >= 0.6 is 0 Å². The van der Waals surface area contributed by atoms with E-state index in [1.165, 1.54) is 0 Å². The Morgan fingerprint density at radius 2 is 2.00 bits per heavy atom. The Labute approximate surface area is 137 Å². The highest BCUT2D eigenvalue weighted by atomic mass is 32.2. The van der Waals surface area contributed by atoms with Gasteiger partial charge in [-0.3, -0.25) is 0 Å². The second kappa shape index (κ2) is 7.27. The molecule has 0 radical (unpaired) electrons. The number of aliphatic hydroxyl groups is 1. The lowest BCUT2D eigenvalue weighted by molar-refractivity contribution is -0.141. The highest BCUT2D eigenvalue weighted by Crippen LogP contribution is 2.24. The van der Waals surface area contributed by atoms with Crippen LogP contribution in [0.1, 0.15) is 26.3 Å². The number of hydrogen-bond acceptors (Lipinski definition) is 6. The molecule has 130 valence electrons. The summed E-state index contributed by atoms with van der Waals surface area (Å²) < 4.78 is 35.0. The van der Waals surface area contributed by atoms with Crippen LogP contribution in [0.3, 0.4) is 0 Å². The van der Waals surface area contributed by atoms with E-state index in [0.29, 0.717) is 13.2 Å². The summed E-state index contributed by atoms with van der Waals surface area (Å²) in [5.41, 5.74) is 0.984. The van der Waals surface area contributed by atoms with Gasteiger partial charge in [0, 0.05) is 12.6 Å². The van der Waals surface area contributed by atoms with Gasteiger partial charge in [-0.25, -0.2) is 8.42 Å². The van der Waals surface area contributed by atoms with E-state index in [9.17, 15) is 8.42 Å². The van der Waals surface area contributed by atoms with Gasteiger partial charge < -0.3 is 19.9 Å². The minimum atomic E-state index is -3.39. The van der Waals surface area contributed by atoms with Gasteiger partial charge in [0.05, 0.1) is 30.0 Å². The first kappa shape index (κ1) is 18.4. The second-order valence-electron chi connectivity index (χ2n) is 6.22. The quantitative estimate of drug-likeness (QED) is 0.771. The summed E-state index contributed by atoms with van der Waals surface area (Å²) in [6.07, 6.45) is -0.00537. The molecule has 1 aromatic carbocycles. The number of sulfone groups is 1. The number of ether oxygens (including phenoxy) is 2. The van der Waals surface area contributed by atoms with Crippen LogP contribution in [-0.2, 0) is 25.9 Å². The average Bonchev–Trinajstić information content (AvgIpc) is 2.85. The van der Waals surface area contributed by atoms with E-state index in [1.54, 1.807) is 24.3 Å². The maximum absolute atomic E-state index is 11.8. The van der Waals surface area contributed by atoms with Gasteiger partial charge in [-0.15, -0.1) is 0 Å². The zero-order chi connectivity index (χ0) is 17.1. The third kappa shape index (κ3) is 4.99. The van der Waals surface area contributed by atoms with Crippen LogP contribution < -0.4 is 5.32 Å². The summed E-state index contributed by atoms with van der Waals surface area (Å²) >= 11 is 0. The number of benzene rings is 1. The van der Waals surface area contributed by atoms with Crippen LogP contribution in [0.2, 0.25) is 0 Å². The number of nitrogens with one attached hydrogen (secondary N) is 1. The Bertz CT molecular complexity index is 612. The topological polar surface area (TPSA) is 84.9 Å². The van der Waals surface area contributed by atoms with Crippen molar-refractivity contribution in [2.45, 2.75) is 50.1 Å². The van der Waals surface area contributed by atoms with Crippen molar-refractivity contribution >= 4 is 9.84 Å². The van der Waals surface area contributed by atoms with E-state index in [4.69, 9.17) is 14.6 Å².